The molecule has 1 saturated heterocycles. The number of nitrogens with zero attached hydrogens (tertiary/aromatic N) is 2. The second kappa shape index (κ2) is 8.36. The third-order valence-electron chi connectivity index (χ3n) is 3.60. The molecule has 1 N–H and O–H groups in total. The predicted octanol–water partition coefficient (Wildman–Crippen LogP) is 2.79. The van der Waals surface area contributed by atoms with Crippen molar-refractivity contribution >= 4 is 39.2 Å². The van der Waals surface area contributed by atoms with Gasteiger partial charge in [-0.1, -0.05) is 49.0 Å². The van der Waals surface area contributed by atoms with Gasteiger partial charge in [-0.05, 0) is 36.2 Å². The Morgan fingerprint density at radius 3 is 2.67 bits per heavy atom. The number of benzene rings is 2. The van der Waals surface area contributed by atoms with Crippen LogP contribution in [0.4, 0.5) is 0 Å². The first-order chi connectivity index (χ1) is 13.0. The number of carbonyl (C=O) groups excluding carboxylic acids is 1. The van der Waals surface area contributed by atoms with E-state index in [0.717, 1.165) is 0 Å². The molecule has 1 atom stereocenters. The van der Waals surface area contributed by atoms with E-state index < -0.39 is 10.1 Å². The quantitative estimate of drug-likeness (QED) is 0.454. The minimum atomic E-state index is -3.90. The largest absolute Gasteiger partial charge is 0.379 e. The van der Waals surface area contributed by atoms with Crippen LogP contribution in [0.15, 0.2) is 69.7 Å². The van der Waals surface area contributed by atoms with Crippen molar-refractivity contribution in [3.05, 3.63) is 60.2 Å². The SMILES string of the molecule is CCC1S/C(=N\N=C\c2cccc(OS(=O)(=O)c3ccccc3)c2)NC1=O. The fraction of sp³-hybridized carbons (Fsp3) is 0.167. The first-order valence-corrected chi connectivity index (χ1v) is 10.4. The van der Waals surface area contributed by atoms with Gasteiger partial charge in [-0.25, -0.2) is 0 Å². The van der Waals surface area contributed by atoms with E-state index in [1.807, 2.05) is 6.92 Å². The summed E-state index contributed by atoms with van der Waals surface area (Å²) in [6, 6.07) is 14.4. The zero-order valence-corrected chi connectivity index (χ0v) is 16.0. The van der Waals surface area contributed by atoms with Crippen LogP contribution in [-0.4, -0.2) is 31.0 Å². The molecule has 7 nitrogen and oxygen atoms in total. The summed E-state index contributed by atoms with van der Waals surface area (Å²) in [6.07, 6.45) is 2.18. The number of carbonyl (C=O) groups is 1. The highest BCUT2D eigenvalue weighted by Gasteiger charge is 2.28. The molecule has 27 heavy (non-hydrogen) atoms. The number of thioether (sulfide) groups is 1. The van der Waals surface area contributed by atoms with Crippen LogP contribution in [0.3, 0.4) is 0 Å². The Bertz CT molecular complexity index is 989. The summed E-state index contributed by atoms with van der Waals surface area (Å²) in [5.74, 6) is 0.100. The van der Waals surface area contributed by atoms with Gasteiger partial charge in [0.1, 0.15) is 10.6 Å². The van der Waals surface area contributed by atoms with Crippen LogP contribution in [0, 0.1) is 0 Å². The first-order valence-electron chi connectivity index (χ1n) is 8.16. The van der Waals surface area contributed by atoms with Crippen LogP contribution in [0.25, 0.3) is 0 Å². The summed E-state index contributed by atoms with van der Waals surface area (Å²) in [5.41, 5.74) is 0.612. The van der Waals surface area contributed by atoms with Crippen molar-refractivity contribution in [3.63, 3.8) is 0 Å². The summed E-state index contributed by atoms with van der Waals surface area (Å²) in [4.78, 5) is 11.7. The molecule has 1 amide bonds. The maximum Gasteiger partial charge on any atom is 0.339 e. The molecule has 3 rings (SSSR count). The average molecular weight is 403 g/mol. The molecule has 1 aliphatic heterocycles. The van der Waals surface area contributed by atoms with Crippen LogP contribution in [0.5, 0.6) is 5.75 Å². The Balaban J connectivity index is 1.70. The number of hydrogen-bond donors (Lipinski definition) is 1. The maximum absolute atomic E-state index is 12.3. The normalized spacial score (nSPS) is 18.8. The molecule has 2 aromatic rings. The fourth-order valence-corrected chi connectivity index (χ4v) is 4.08. The van der Waals surface area contributed by atoms with E-state index in [0.29, 0.717) is 17.2 Å². The zero-order valence-electron chi connectivity index (χ0n) is 14.4. The van der Waals surface area contributed by atoms with Crippen LogP contribution < -0.4 is 9.50 Å². The number of hydrogen-bond acceptors (Lipinski definition) is 7. The van der Waals surface area contributed by atoms with Gasteiger partial charge in [-0.3, -0.25) is 4.79 Å². The van der Waals surface area contributed by atoms with Crippen LogP contribution in [0.1, 0.15) is 18.9 Å². The Hall–Kier alpha value is -2.65. The van der Waals surface area contributed by atoms with Gasteiger partial charge < -0.3 is 9.50 Å². The summed E-state index contributed by atoms with van der Waals surface area (Å²) < 4.78 is 29.7. The lowest BCUT2D eigenvalue weighted by Crippen LogP contribution is -2.24. The van der Waals surface area contributed by atoms with Crippen LogP contribution in [0.2, 0.25) is 0 Å². The molecular formula is C18H17N3O4S2. The molecule has 2 aromatic carbocycles. The Morgan fingerprint density at radius 1 is 1.19 bits per heavy atom. The number of amides is 1. The summed E-state index contributed by atoms with van der Waals surface area (Å²) >= 11 is 1.33. The highest BCUT2D eigenvalue weighted by atomic mass is 32.2. The number of amidine groups is 1. The topological polar surface area (TPSA) is 97.2 Å². The smallest absolute Gasteiger partial charge is 0.339 e. The second-order valence-electron chi connectivity index (χ2n) is 5.58. The highest BCUT2D eigenvalue weighted by molar-refractivity contribution is 8.15. The van der Waals surface area contributed by atoms with Gasteiger partial charge in [0.05, 0.1) is 11.5 Å². The van der Waals surface area contributed by atoms with Gasteiger partial charge in [0.15, 0.2) is 5.17 Å². The van der Waals surface area contributed by atoms with Gasteiger partial charge >= 0.3 is 10.1 Å². The van der Waals surface area contributed by atoms with Crippen molar-refractivity contribution < 1.29 is 17.4 Å². The van der Waals surface area contributed by atoms with Gasteiger partial charge in [-0.2, -0.15) is 13.5 Å². The van der Waals surface area contributed by atoms with Gasteiger partial charge in [0.25, 0.3) is 0 Å². The zero-order chi connectivity index (χ0) is 19.3. The number of rotatable bonds is 6. The van der Waals surface area contributed by atoms with Gasteiger partial charge in [0, 0.05) is 0 Å². The van der Waals surface area contributed by atoms with E-state index >= 15 is 0 Å². The molecule has 0 aromatic heterocycles. The van der Waals surface area contributed by atoms with Crippen LogP contribution in [-0.2, 0) is 14.9 Å². The molecule has 0 bridgehead atoms. The van der Waals surface area contributed by atoms with Crippen molar-refractivity contribution in [2.75, 3.05) is 0 Å². The van der Waals surface area contributed by atoms with E-state index in [2.05, 4.69) is 15.5 Å². The first kappa shape index (κ1) is 19.1. The molecule has 1 fully saturated rings. The Kier molecular flexibility index (Phi) is 5.92. The molecule has 0 radical (unpaired) electrons. The molecule has 1 aliphatic rings. The van der Waals surface area contributed by atoms with E-state index in [1.54, 1.807) is 42.5 Å². The lowest BCUT2D eigenvalue weighted by molar-refractivity contribution is -0.118. The van der Waals surface area contributed by atoms with Crippen LogP contribution >= 0.6 is 11.8 Å². The molecule has 1 unspecified atom stereocenters. The molecule has 0 spiro atoms. The second-order valence-corrected chi connectivity index (χ2v) is 8.31. The lowest BCUT2D eigenvalue weighted by Gasteiger charge is -2.07. The monoisotopic (exact) mass is 403 g/mol. The van der Waals surface area contributed by atoms with Crippen molar-refractivity contribution in [1.82, 2.24) is 5.32 Å². The Labute approximate surface area is 161 Å². The molecule has 9 heteroatoms. The van der Waals surface area contributed by atoms with E-state index in [4.69, 9.17) is 4.18 Å². The summed E-state index contributed by atoms with van der Waals surface area (Å²) in [6.45, 7) is 1.93. The Morgan fingerprint density at radius 2 is 1.96 bits per heavy atom. The average Bonchev–Trinajstić information content (AvgIpc) is 3.02. The van der Waals surface area contributed by atoms with E-state index in [-0.39, 0.29) is 21.8 Å². The van der Waals surface area contributed by atoms with E-state index in [9.17, 15) is 13.2 Å². The number of nitrogens with one attached hydrogen (secondary N) is 1. The minimum Gasteiger partial charge on any atom is -0.379 e. The predicted molar refractivity (Wildman–Crippen MR) is 106 cm³/mol. The van der Waals surface area contributed by atoms with Crippen molar-refractivity contribution in [2.24, 2.45) is 10.2 Å². The third-order valence-corrected chi connectivity index (χ3v) is 6.10. The highest BCUT2D eigenvalue weighted by Crippen LogP contribution is 2.22. The molecule has 0 aliphatic carbocycles. The molecule has 0 saturated carbocycles. The lowest BCUT2D eigenvalue weighted by atomic mass is 10.2. The maximum atomic E-state index is 12.3. The molecular weight excluding hydrogens is 386 g/mol. The van der Waals surface area contributed by atoms with Crippen molar-refractivity contribution in [2.45, 2.75) is 23.5 Å². The summed E-state index contributed by atoms with van der Waals surface area (Å²) in [5, 5.41) is 10.9. The van der Waals surface area contributed by atoms with Crippen molar-refractivity contribution in [1.29, 1.82) is 0 Å². The third kappa shape index (κ3) is 4.95. The molecule has 140 valence electrons. The minimum absolute atomic E-state index is 0.0713. The fourth-order valence-electron chi connectivity index (χ4n) is 2.28. The van der Waals surface area contributed by atoms with E-state index in [1.165, 1.54) is 30.1 Å². The van der Waals surface area contributed by atoms with Crippen molar-refractivity contribution in [3.8, 4) is 5.75 Å². The summed E-state index contributed by atoms with van der Waals surface area (Å²) in [7, 11) is -3.90. The molecule has 1 heterocycles. The van der Waals surface area contributed by atoms with Gasteiger partial charge in [-0.15, -0.1) is 5.10 Å². The van der Waals surface area contributed by atoms with Gasteiger partial charge in [0.2, 0.25) is 5.91 Å². The standard InChI is InChI=1S/C18H17N3O4S2/c1-2-16-17(22)20-18(26-16)21-19-12-13-7-6-8-14(11-13)25-27(23,24)15-9-4-3-5-10-15/h3-12,16H,2H2,1H3,(H,20,21,22)/b19-12+.